The standard InChI is InChI=1S/C15H19N7S2/c1-19-7-10(6-16)9-5-12-11(20-8-9)3-4-13(21-12)22-14(17)24-15(18)23-2/h3-6,8,10,16,18-19H,7H2,1-2H3,(H2,17,21,22). The number of thioether (sulfide) groups is 2. The van der Waals surface area contributed by atoms with Crippen LogP contribution in [0.3, 0.4) is 0 Å². The Balaban J connectivity index is 2.33. The summed E-state index contributed by atoms with van der Waals surface area (Å²) in [6.07, 6.45) is 4.98. The fourth-order valence-electron chi connectivity index (χ4n) is 2.04. The van der Waals surface area contributed by atoms with Crippen molar-refractivity contribution in [1.29, 1.82) is 10.8 Å². The lowest BCUT2D eigenvalue weighted by Crippen LogP contribution is -2.18. The maximum Gasteiger partial charge on any atom is 0.167 e. The van der Waals surface area contributed by atoms with Gasteiger partial charge in [0.1, 0.15) is 4.38 Å². The summed E-state index contributed by atoms with van der Waals surface area (Å²) >= 11 is 2.40. The topological polar surface area (TPSA) is 124 Å². The van der Waals surface area contributed by atoms with E-state index in [4.69, 9.17) is 16.6 Å². The van der Waals surface area contributed by atoms with E-state index in [-0.39, 0.29) is 11.1 Å². The number of pyridine rings is 2. The Labute approximate surface area is 149 Å². The Kier molecular flexibility index (Phi) is 6.71. The number of rotatable bonds is 5. The van der Waals surface area contributed by atoms with E-state index in [1.54, 1.807) is 12.3 Å². The van der Waals surface area contributed by atoms with E-state index in [9.17, 15) is 0 Å². The second kappa shape index (κ2) is 8.76. The molecular formula is C15H19N7S2. The van der Waals surface area contributed by atoms with E-state index >= 15 is 0 Å². The molecule has 0 aliphatic rings. The molecule has 0 aromatic carbocycles. The lowest BCUT2D eigenvalue weighted by atomic mass is 10.0. The molecule has 0 amide bonds. The third-order valence-electron chi connectivity index (χ3n) is 3.20. The highest BCUT2D eigenvalue weighted by atomic mass is 32.2. The third kappa shape index (κ3) is 4.76. The van der Waals surface area contributed by atoms with Gasteiger partial charge in [0.15, 0.2) is 11.0 Å². The van der Waals surface area contributed by atoms with Crippen LogP contribution in [0.5, 0.6) is 0 Å². The van der Waals surface area contributed by atoms with Gasteiger partial charge in [-0.3, -0.25) is 10.4 Å². The second-order valence-corrected chi connectivity index (χ2v) is 6.96. The number of nitrogens with zero attached hydrogens (tertiary/aromatic N) is 3. The zero-order chi connectivity index (χ0) is 17.5. The van der Waals surface area contributed by atoms with E-state index in [0.717, 1.165) is 22.8 Å². The first-order valence-corrected chi connectivity index (χ1v) is 9.18. The zero-order valence-corrected chi connectivity index (χ0v) is 15.0. The molecule has 1 unspecified atom stereocenters. The molecule has 0 aliphatic heterocycles. The highest BCUT2D eigenvalue weighted by Gasteiger charge is 2.10. The molecule has 9 heteroatoms. The molecule has 126 valence electrons. The van der Waals surface area contributed by atoms with Gasteiger partial charge < -0.3 is 16.5 Å². The van der Waals surface area contributed by atoms with Gasteiger partial charge in [-0.2, -0.15) is 0 Å². The molecule has 2 rings (SSSR count). The van der Waals surface area contributed by atoms with Crippen LogP contribution in [0.15, 0.2) is 29.4 Å². The summed E-state index contributed by atoms with van der Waals surface area (Å²) in [5.41, 5.74) is 8.22. The van der Waals surface area contributed by atoms with Crippen LogP contribution in [-0.2, 0) is 0 Å². The number of likely N-dealkylation sites (N-methyl/N-ethyl adjacent to an activating group) is 1. The van der Waals surface area contributed by atoms with E-state index in [0.29, 0.717) is 22.3 Å². The van der Waals surface area contributed by atoms with Gasteiger partial charge in [0.25, 0.3) is 0 Å². The van der Waals surface area contributed by atoms with E-state index in [2.05, 4.69) is 20.3 Å². The van der Waals surface area contributed by atoms with Crippen molar-refractivity contribution in [3.63, 3.8) is 0 Å². The number of hydrogen-bond donors (Lipinski definition) is 4. The third-order valence-corrected chi connectivity index (χ3v) is 4.81. The molecule has 0 aliphatic carbocycles. The zero-order valence-electron chi connectivity index (χ0n) is 13.4. The van der Waals surface area contributed by atoms with Crippen molar-refractivity contribution in [3.8, 4) is 0 Å². The SMILES string of the molecule is CNCC(C=N)c1cnc2ccc(N=C(N)SC(=N)SC)nc2c1. The Morgan fingerprint density at radius 1 is 1.46 bits per heavy atom. The van der Waals surface area contributed by atoms with Gasteiger partial charge in [-0.1, -0.05) is 0 Å². The van der Waals surface area contributed by atoms with Gasteiger partial charge >= 0.3 is 0 Å². The van der Waals surface area contributed by atoms with Gasteiger partial charge in [-0.05, 0) is 48.8 Å². The highest BCUT2D eigenvalue weighted by molar-refractivity contribution is 8.44. The minimum absolute atomic E-state index is 0.0523. The van der Waals surface area contributed by atoms with Crippen LogP contribution >= 0.6 is 23.5 Å². The number of fused-ring (bicyclic) bond motifs is 1. The van der Waals surface area contributed by atoms with Crippen LogP contribution in [0.25, 0.3) is 11.0 Å². The largest absolute Gasteiger partial charge is 0.378 e. The first-order valence-electron chi connectivity index (χ1n) is 7.13. The number of aliphatic imine (C=N–C) groups is 1. The fourth-order valence-corrected chi connectivity index (χ4v) is 2.96. The molecule has 5 N–H and O–H groups in total. The van der Waals surface area contributed by atoms with Crippen LogP contribution in [0.2, 0.25) is 0 Å². The molecule has 0 fully saturated rings. The van der Waals surface area contributed by atoms with Crippen molar-refractivity contribution in [3.05, 3.63) is 30.0 Å². The van der Waals surface area contributed by atoms with Crippen molar-refractivity contribution in [2.24, 2.45) is 10.7 Å². The maximum absolute atomic E-state index is 7.61. The smallest absolute Gasteiger partial charge is 0.167 e. The molecule has 2 aromatic heterocycles. The van der Waals surface area contributed by atoms with Crippen molar-refractivity contribution in [2.45, 2.75) is 5.92 Å². The monoisotopic (exact) mass is 361 g/mol. The molecular weight excluding hydrogens is 342 g/mol. The van der Waals surface area contributed by atoms with Gasteiger partial charge in [-0.25, -0.2) is 9.98 Å². The van der Waals surface area contributed by atoms with Crippen LogP contribution in [0, 0.1) is 10.8 Å². The average molecular weight is 362 g/mol. The Morgan fingerprint density at radius 2 is 2.25 bits per heavy atom. The minimum Gasteiger partial charge on any atom is -0.378 e. The molecule has 0 saturated heterocycles. The van der Waals surface area contributed by atoms with Crippen LogP contribution < -0.4 is 11.1 Å². The van der Waals surface area contributed by atoms with Crippen LogP contribution in [0.1, 0.15) is 11.5 Å². The summed E-state index contributed by atoms with van der Waals surface area (Å²) in [4.78, 5) is 13.1. The molecule has 1 atom stereocenters. The summed E-state index contributed by atoms with van der Waals surface area (Å²) in [6, 6.07) is 5.49. The normalized spacial score (nSPS) is 13.0. The summed E-state index contributed by atoms with van der Waals surface area (Å²) in [6.45, 7) is 0.662. The summed E-state index contributed by atoms with van der Waals surface area (Å²) in [5.74, 6) is 0.420. The number of hydrogen-bond acceptors (Lipinski definition) is 8. The van der Waals surface area contributed by atoms with Gasteiger partial charge in [-0.15, -0.1) is 11.8 Å². The Hall–Kier alpha value is -1.97. The summed E-state index contributed by atoms with van der Waals surface area (Å²) < 4.78 is 0.377. The predicted octanol–water partition coefficient (Wildman–Crippen LogP) is 2.56. The highest BCUT2D eigenvalue weighted by Crippen LogP contribution is 2.21. The first kappa shape index (κ1) is 18.4. The predicted molar refractivity (Wildman–Crippen MR) is 105 cm³/mol. The lowest BCUT2D eigenvalue weighted by Gasteiger charge is -2.11. The number of amidine groups is 1. The Bertz CT molecular complexity index is 776. The summed E-state index contributed by atoms with van der Waals surface area (Å²) in [5, 5.41) is 18.5. The van der Waals surface area contributed by atoms with Gasteiger partial charge in [0.2, 0.25) is 0 Å². The number of aromatic nitrogens is 2. The molecule has 0 radical (unpaired) electrons. The number of nitrogens with two attached hydrogens (primary N) is 1. The van der Waals surface area contributed by atoms with E-state index in [1.807, 2.05) is 25.4 Å². The van der Waals surface area contributed by atoms with Gasteiger partial charge in [0, 0.05) is 24.9 Å². The van der Waals surface area contributed by atoms with Crippen molar-refractivity contribution in [2.75, 3.05) is 19.8 Å². The Morgan fingerprint density at radius 3 is 2.92 bits per heavy atom. The van der Waals surface area contributed by atoms with Crippen molar-refractivity contribution in [1.82, 2.24) is 15.3 Å². The van der Waals surface area contributed by atoms with Crippen molar-refractivity contribution >= 4 is 56.1 Å². The van der Waals surface area contributed by atoms with Crippen LogP contribution in [-0.4, -0.2) is 45.6 Å². The molecule has 0 bridgehead atoms. The minimum atomic E-state index is -0.0523. The van der Waals surface area contributed by atoms with E-state index < -0.39 is 0 Å². The van der Waals surface area contributed by atoms with Gasteiger partial charge in [0.05, 0.1) is 11.0 Å². The first-order chi connectivity index (χ1) is 11.6. The van der Waals surface area contributed by atoms with Crippen LogP contribution in [0.4, 0.5) is 5.82 Å². The summed E-state index contributed by atoms with van der Waals surface area (Å²) in [7, 11) is 1.85. The number of nitrogens with one attached hydrogen (secondary N) is 3. The second-order valence-electron chi connectivity index (χ2n) is 4.85. The quantitative estimate of drug-likeness (QED) is 0.479. The lowest BCUT2D eigenvalue weighted by molar-refractivity contribution is 0.754. The molecule has 0 saturated carbocycles. The molecule has 2 aromatic rings. The molecule has 2 heterocycles. The molecule has 7 nitrogen and oxygen atoms in total. The van der Waals surface area contributed by atoms with E-state index in [1.165, 1.54) is 18.0 Å². The maximum atomic E-state index is 7.61. The average Bonchev–Trinajstić information content (AvgIpc) is 2.58. The fraction of sp³-hybridized carbons (Fsp3) is 0.267. The molecule has 24 heavy (non-hydrogen) atoms. The van der Waals surface area contributed by atoms with Crippen molar-refractivity contribution < 1.29 is 0 Å². The molecule has 0 spiro atoms.